The monoisotopic (exact) mass is 382 g/mol. The van der Waals surface area contributed by atoms with Gasteiger partial charge < -0.3 is 9.64 Å². The largest absolute Gasteiger partial charge is 0.483 e. The maximum atomic E-state index is 13.0. The fraction of sp³-hybridized carbons (Fsp3) is 0.133. The third kappa shape index (κ3) is 4.26. The average Bonchev–Trinajstić information content (AvgIpc) is 2.53. The molecule has 0 unspecified atom stereocenters. The van der Waals surface area contributed by atoms with Crippen molar-refractivity contribution in [1.29, 1.82) is 0 Å². The zero-order valence-electron chi connectivity index (χ0n) is 12.0. The first-order valence-electron chi connectivity index (χ1n) is 6.47. The number of nitro benzene ring substituents is 1. The Balaban J connectivity index is 2.00. The number of nitrogens with zero attached hydrogens (tertiary/aromatic N) is 2. The summed E-state index contributed by atoms with van der Waals surface area (Å²) in [7, 11) is 1.53. The van der Waals surface area contributed by atoms with E-state index >= 15 is 0 Å². The Kier molecular flexibility index (Phi) is 5.28. The lowest BCUT2D eigenvalue weighted by molar-refractivity contribution is -0.384. The van der Waals surface area contributed by atoms with E-state index in [1.54, 1.807) is 0 Å². The minimum absolute atomic E-state index is 0.0545. The Labute approximate surface area is 139 Å². The lowest BCUT2D eigenvalue weighted by Crippen LogP contribution is -2.31. The molecule has 0 aromatic heterocycles. The van der Waals surface area contributed by atoms with Crippen molar-refractivity contribution in [3.63, 3.8) is 0 Å². The number of non-ortho nitro benzene ring substituents is 1. The number of hydrogen-bond acceptors (Lipinski definition) is 4. The van der Waals surface area contributed by atoms with E-state index in [1.165, 1.54) is 54.4 Å². The summed E-state index contributed by atoms with van der Waals surface area (Å²) in [4.78, 5) is 23.5. The Morgan fingerprint density at radius 1 is 1.30 bits per heavy atom. The van der Waals surface area contributed by atoms with E-state index < -0.39 is 10.7 Å². The predicted octanol–water partition coefficient (Wildman–Crippen LogP) is 3.54. The van der Waals surface area contributed by atoms with Gasteiger partial charge in [-0.3, -0.25) is 14.9 Å². The Morgan fingerprint density at radius 3 is 2.52 bits per heavy atom. The number of halogens is 2. The van der Waals surface area contributed by atoms with E-state index in [4.69, 9.17) is 4.74 Å². The highest BCUT2D eigenvalue weighted by Crippen LogP contribution is 2.25. The van der Waals surface area contributed by atoms with E-state index in [1.807, 2.05) is 0 Å². The maximum absolute atomic E-state index is 13.0. The van der Waals surface area contributed by atoms with Gasteiger partial charge in [-0.2, -0.15) is 0 Å². The van der Waals surface area contributed by atoms with Crippen LogP contribution in [0.1, 0.15) is 0 Å². The molecule has 23 heavy (non-hydrogen) atoms. The van der Waals surface area contributed by atoms with Crippen LogP contribution in [-0.4, -0.2) is 24.5 Å². The normalized spacial score (nSPS) is 10.2. The highest BCUT2D eigenvalue weighted by atomic mass is 79.9. The maximum Gasteiger partial charge on any atom is 0.269 e. The molecule has 0 saturated heterocycles. The molecule has 2 aromatic rings. The highest BCUT2D eigenvalue weighted by molar-refractivity contribution is 9.10. The standard InChI is InChI=1S/C15H12BrFN2O4/c1-18(11-3-5-12(6-4-11)19(21)22)15(20)9-23-14-7-2-10(17)8-13(14)16/h2-8H,9H2,1H3. The van der Waals surface area contributed by atoms with Crippen LogP contribution in [0.3, 0.4) is 0 Å². The second-order valence-electron chi connectivity index (χ2n) is 4.59. The summed E-state index contributed by atoms with van der Waals surface area (Å²) in [6.45, 7) is -0.252. The highest BCUT2D eigenvalue weighted by Gasteiger charge is 2.14. The Hall–Kier alpha value is -2.48. The number of ether oxygens (including phenoxy) is 1. The first-order chi connectivity index (χ1) is 10.9. The second kappa shape index (κ2) is 7.19. The smallest absolute Gasteiger partial charge is 0.269 e. The molecule has 0 radical (unpaired) electrons. The first kappa shape index (κ1) is 16.9. The molecule has 0 heterocycles. The SMILES string of the molecule is CN(C(=O)COc1ccc(F)cc1Br)c1ccc([N+](=O)[O-])cc1. The Bertz CT molecular complexity index is 737. The number of nitro groups is 1. The molecule has 0 N–H and O–H groups in total. The summed E-state index contributed by atoms with van der Waals surface area (Å²) in [5.41, 5.74) is 0.448. The Morgan fingerprint density at radius 2 is 1.96 bits per heavy atom. The van der Waals surface area contributed by atoms with E-state index in [0.717, 1.165) is 0 Å². The molecule has 2 rings (SSSR count). The van der Waals surface area contributed by atoms with Crippen molar-refractivity contribution < 1.29 is 18.8 Å². The lowest BCUT2D eigenvalue weighted by Gasteiger charge is -2.17. The molecular weight excluding hydrogens is 371 g/mol. The van der Waals surface area contributed by atoms with Gasteiger partial charge in [-0.05, 0) is 46.3 Å². The van der Waals surface area contributed by atoms with Gasteiger partial charge in [-0.25, -0.2) is 4.39 Å². The van der Waals surface area contributed by atoms with Crippen molar-refractivity contribution >= 4 is 33.2 Å². The van der Waals surface area contributed by atoms with Crippen molar-refractivity contribution in [3.05, 3.63) is 62.9 Å². The van der Waals surface area contributed by atoms with E-state index in [2.05, 4.69) is 15.9 Å². The number of hydrogen-bond donors (Lipinski definition) is 0. The summed E-state index contributed by atoms with van der Waals surface area (Å²) in [6, 6.07) is 9.46. The average molecular weight is 383 g/mol. The summed E-state index contributed by atoms with van der Waals surface area (Å²) in [6.07, 6.45) is 0. The number of amides is 1. The number of carbonyl (C=O) groups excluding carboxylic acids is 1. The third-order valence-corrected chi connectivity index (χ3v) is 3.69. The number of anilines is 1. The molecule has 8 heteroatoms. The number of likely N-dealkylation sites (N-methyl/N-ethyl adjacent to an activating group) is 1. The molecule has 0 aliphatic carbocycles. The van der Waals surface area contributed by atoms with E-state index in [-0.39, 0.29) is 18.2 Å². The fourth-order valence-corrected chi connectivity index (χ4v) is 2.24. The van der Waals surface area contributed by atoms with Gasteiger partial charge >= 0.3 is 0 Å². The molecule has 120 valence electrons. The fourth-order valence-electron chi connectivity index (χ4n) is 1.77. The van der Waals surface area contributed by atoms with Gasteiger partial charge in [-0.1, -0.05) is 0 Å². The molecule has 6 nitrogen and oxygen atoms in total. The predicted molar refractivity (Wildman–Crippen MR) is 86.1 cm³/mol. The molecule has 0 fully saturated rings. The third-order valence-electron chi connectivity index (χ3n) is 3.07. The molecule has 2 aromatic carbocycles. The number of rotatable bonds is 5. The van der Waals surface area contributed by atoms with Crippen LogP contribution in [0.4, 0.5) is 15.8 Å². The quantitative estimate of drug-likeness (QED) is 0.585. The summed E-state index contributed by atoms with van der Waals surface area (Å²) < 4.78 is 18.7. The van der Waals surface area contributed by atoms with Gasteiger partial charge in [-0.15, -0.1) is 0 Å². The van der Waals surface area contributed by atoms with Crippen LogP contribution in [0.5, 0.6) is 5.75 Å². The van der Waals surface area contributed by atoms with E-state index in [9.17, 15) is 19.3 Å². The van der Waals surface area contributed by atoms with Crippen molar-refractivity contribution in [3.8, 4) is 5.75 Å². The van der Waals surface area contributed by atoms with Crippen LogP contribution in [0, 0.1) is 15.9 Å². The summed E-state index contributed by atoms with van der Waals surface area (Å²) in [5.74, 6) is -0.425. The zero-order chi connectivity index (χ0) is 17.0. The molecule has 0 aliphatic heterocycles. The van der Waals surface area contributed by atoms with Crippen molar-refractivity contribution in [2.45, 2.75) is 0 Å². The molecule has 0 atom stereocenters. The van der Waals surface area contributed by atoms with E-state index in [0.29, 0.717) is 15.9 Å². The lowest BCUT2D eigenvalue weighted by atomic mass is 10.2. The van der Waals surface area contributed by atoms with Crippen LogP contribution < -0.4 is 9.64 Å². The topological polar surface area (TPSA) is 72.7 Å². The van der Waals surface area contributed by atoms with Gasteiger partial charge in [0.15, 0.2) is 6.61 Å². The van der Waals surface area contributed by atoms with Crippen molar-refractivity contribution in [2.75, 3.05) is 18.6 Å². The number of carbonyl (C=O) groups is 1. The van der Waals surface area contributed by atoms with Gasteiger partial charge in [0.25, 0.3) is 11.6 Å². The second-order valence-corrected chi connectivity index (χ2v) is 5.44. The summed E-state index contributed by atoms with van der Waals surface area (Å²) in [5, 5.41) is 10.6. The van der Waals surface area contributed by atoms with Crippen LogP contribution in [0.25, 0.3) is 0 Å². The molecule has 0 saturated carbocycles. The molecule has 0 spiro atoms. The number of benzene rings is 2. The van der Waals surface area contributed by atoms with Gasteiger partial charge in [0.2, 0.25) is 0 Å². The van der Waals surface area contributed by atoms with Crippen LogP contribution in [-0.2, 0) is 4.79 Å². The molecule has 0 bridgehead atoms. The summed E-state index contributed by atoms with van der Waals surface area (Å²) >= 11 is 3.15. The van der Waals surface area contributed by atoms with Crippen molar-refractivity contribution in [1.82, 2.24) is 0 Å². The van der Waals surface area contributed by atoms with Crippen LogP contribution >= 0.6 is 15.9 Å². The minimum atomic E-state index is -0.513. The van der Waals surface area contributed by atoms with Gasteiger partial charge in [0, 0.05) is 24.9 Å². The first-order valence-corrected chi connectivity index (χ1v) is 7.26. The van der Waals surface area contributed by atoms with Crippen LogP contribution in [0.2, 0.25) is 0 Å². The minimum Gasteiger partial charge on any atom is -0.483 e. The zero-order valence-corrected chi connectivity index (χ0v) is 13.6. The molecule has 0 aliphatic rings. The van der Waals surface area contributed by atoms with Gasteiger partial charge in [0.05, 0.1) is 9.40 Å². The van der Waals surface area contributed by atoms with Crippen molar-refractivity contribution in [2.24, 2.45) is 0 Å². The molecular formula is C15H12BrFN2O4. The van der Waals surface area contributed by atoms with Crippen LogP contribution in [0.15, 0.2) is 46.9 Å². The van der Waals surface area contributed by atoms with Gasteiger partial charge in [0.1, 0.15) is 11.6 Å². The molecule has 1 amide bonds.